The van der Waals surface area contributed by atoms with Gasteiger partial charge in [0.2, 0.25) is 0 Å². The average Bonchev–Trinajstić information content (AvgIpc) is 2.82. The van der Waals surface area contributed by atoms with Gasteiger partial charge in [0.25, 0.3) is 0 Å². The maximum atomic E-state index is 4.62. The van der Waals surface area contributed by atoms with E-state index in [9.17, 15) is 0 Å². The van der Waals surface area contributed by atoms with Crippen molar-refractivity contribution in [2.45, 2.75) is 0 Å². The third-order valence-electron chi connectivity index (χ3n) is 4.76. The van der Waals surface area contributed by atoms with Crippen molar-refractivity contribution in [2.75, 3.05) is 0 Å². The maximum absolute atomic E-state index is 4.62. The Kier molecular flexibility index (Phi) is 4.80. The number of hydrogen-bond acceptors (Lipinski definition) is 4. The van der Waals surface area contributed by atoms with Gasteiger partial charge in [-0.15, -0.1) is 0 Å². The van der Waals surface area contributed by atoms with Gasteiger partial charge in [0.15, 0.2) is 0 Å². The van der Waals surface area contributed by atoms with Crippen LogP contribution in [-0.2, 0) is 0 Å². The lowest BCUT2D eigenvalue weighted by Gasteiger charge is -1.99. The fourth-order valence-electron chi connectivity index (χ4n) is 3.19. The van der Waals surface area contributed by atoms with Gasteiger partial charge in [-0.05, 0) is 47.5 Å². The molecule has 2 aromatic heterocycles. The Morgan fingerprint density at radius 1 is 0.433 bits per heavy atom. The molecular weight excluding hydrogens is 368 g/mol. The predicted molar refractivity (Wildman–Crippen MR) is 123 cm³/mol. The molecule has 0 spiro atoms. The monoisotopic (exact) mass is 386 g/mol. The number of rotatable bonds is 4. The normalized spacial score (nSPS) is 11.7. The molecular formula is C26H18N4. The lowest BCUT2D eigenvalue weighted by molar-refractivity contribution is 1.27. The van der Waals surface area contributed by atoms with E-state index in [1.807, 2.05) is 72.8 Å². The Morgan fingerprint density at radius 2 is 0.833 bits per heavy atom. The number of benzene rings is 3. The van der Waals surface area contributed by atoms with Gasteiger partial charge < -0.3 is 0 Å². The molecule has 4 heteroatoms. The third-order valence-corrected chi connectivity index (χ3v) is 4.76. The van der Waals surface area contributed by atoms with E-state index < -0.39 is 0 Å². The van der Waals surface area contributed by atoms with Crippen LogP contribution in [0.2, 0.25) is 0 Å². The van der Waals surface area contributed by atoms with Gasteiger partial charge in [-0.2, -0.15) is 0 Å². The molecule has 0 fully saturated rings. The van der Waals surface area contributed by atoms with Gasteiger partial charge in [-0.3, -0.25) is 9.97 Å². The summed E-state index contributed by atoms with van der Waals surface area (Å²) in [6.07, 6.45) is 11.6. The van der Waals surface area contributed by atoms with E-state index in [0.29, 0.717) is 0 Å². The summed E-state index contributed by atoms with van der Waals surface area (Å²) in [5.74, 6) is 0. The highest BCUT2D eigenvalue weighted by molar-refractivity contribution is 5.78. The van der Waals surface area contributed by atoms with Gasteiger partial charge in [-0.25, -0.2) is 9.97 Å². The Morgan fingerprint density at radius 3 is 1.27 bits per heavy atom. The second-order valence-corrected chi connectivity index (χ2v) is 6.90. The van der Waals surface area contributed by atoms with Crippen LogP contribution >= 0.6 is 0 Å². The van der Waals surface area contributed by atoms with Gasteiger partial charge >= 0.3 is 0 Å². The lowest BCUT2D eigenvalue weighted by atomic mass is 10.1. The van der Waals surface area contributed by atoms with Crippen molar-refractivity contribution < 1.29 is 0 Å². The molecule has 142 valence electrons. The minimum absolute atomic E-state index is 0.840. The van der Waals surface area contributed by atoms with Crippen LogP contribution in [0.1, 0.15) is 22.5 Å². The molecule has 0 radical (unpaired) electrons. The summed E-state index contributed by atoms with van der Waals surface area (Å²) in [5.41, 5.74) is 7.50. The van der Waals surface area contributed by atoms with E-state index in [4.69, 9.17) is 0 Å². The summed E-state index contributed by atoms with van der Waals surface area (Å²) in [7, 11) is 0. The van der Waals surface area contributed by atoms with Gasteiger partial charge in [0.1, 0.15) is 0 Å². The summed E-state index contributed by atoms with van der Waals surface area (Å²) >= 11 is 0. The van der Waals surface area contributed by atoms with Crippen molar-refractivity contribution in [1.82, 2.24) is 19.9 Å². The Labute approximate surface area is 174 Å². The quantitative estimate of drug-likeness (QED) is 0.385. The van der Waals surface area contributed by atoms with E-state index in [2.05, 4.69) is 44.2 Å². The number of aromatic nitrogens is 4. The van der Waals surface area contributed by atoms with E-state index in [0.717, 1.165) is 44.6 Å². The SMILES string of the molecule is C(=C\c1cnc2ccccc2n1)/c1ccc(/C=C/c2cnc3ccccc3n2)cc1. The number of nitrogens with zero attached hydrogens (tertiary/aromatic N) is 4. The van der Waals surface area contributed by atoms with Gasteiger partial charge in [0, 0.05) is 0 Å². The molecule has 0 bridgehead atoms. The zero-order chi connectivity index (χ0) is 20.2. The van der Waals surface area contributed by atoms with Crippen molar-refractivity contribution in [3.8, 4) is 0 Å². The van der Waals surface area contributed by atoms with Crippen LogP contribution in [0.5, 0.6) is 0 Å². The molecule has 0 aliphatic heterocycles. The van der Waals surface area contributed by atoms with Crippen LogP contribution in [-0.4, -0.2) is 19.9 Å². The van der Waals surface area contributed by atoms with Crippen molar-refractivity contribution >= 4 is 46.4 Å². The lowest BCUT2D eigenvalue weighted by Crippen LogP contribution is -1.86. The number of para-hydroxylation sites is 4. The van der Waals surface area contributed by atoms with Crippen LogP contribution in [0.15, 0.2) is 85.2 Å². The van der Waals surface area contributed by atoms with Crippen LogP contribution in [0.4, 0.5) is 0 Å². The fraction of sp³-hybridized carbons (Fsp3) is 0. The highest BCUT2D eigenvalue weighted by atomic mass is 14.8. The molecule has 0 saturated heterocycles. The molecule has 5 aromatic rings. The summed E-state index contributed by atoms with van der Waals surface area (Å²) in [5, 5.41) is 0. The van der Waals surface area contributed by atoms with Crippen molar-refractivity contribution in [1.29, 1.82) is 0 Å². The van der Waals surface area contributed by atoms with E-state index >= 15 is 0 Å². The topological polar surface area (TPSA) is 51.6 Å². The Bertz CT molecular complexity index is 1280. The molecule has 0 aliphatic carbocycles. The highest BCUT2D eigenvalue weighted by Gasteiger charge is 1.98. The molecule has 0 N–H and O–H groups in total. The molecule has 0 saturated carbocycles. The molecule has 2 heterocycles. The maximum Gasteiger partial charge on any atom is 0.0894 e. The summed E-state index contributed by atoms with van der Waals surface area (Å²) in [6, 6.07) is 24.1. The minimum atomic E-state index is 0.840. The zero-order valence-corrected chi connectivity index (χ0v) is 16.2. The standard InChI is InChI=1S/C26H18N4/c1-3-7-25-23(5-1)27-17-21(29-25)15-13-19-9-11-20(12-10-19)14-16-22-18-28-24-6-2-4-8-26(24)30-22/h1-18H/b15-13+,16-14+. The number of hydrogen-bond donors (Lipinski definition) is 0. The van der Waals surface area contributed by atoms with Crippen LogP contribution in [0, 0.1) is 0 Å². The zero-order valence-electron chi connectivity index (χ0n) is 16.2. The van der Waals surface area contributed by atoms with Crippen molar-refractivity contribution in [2.24, 2.45) is 0 Å². The molecule has 5 rings (SSSR count). The predicted octanol–water partition coefficient (Wildman–Crippen LogP) is 5.91. The van der Waals surface area contributed by atoms with Crippen molar-refractivity contribution in [3.05, 3.63) is 108 Å². The first-order chi connectivity index (χ1) is 14.8. The second-order valence-electron chi connectivity index (χ2n) is 6.90. The van der Waals surface area contributed by atoms with Gasteiger partial charge in [-0.1, -0.05) is 60.7 Å². The smallest absolute Gasteiger partial charge is 0.0894 e. The molecule has 3 aromatic carbocycles. The first kappa shape index (κ1) is 17.9. The second kappa shape index (κ2) is 8.05. The van der Waals surface area contributed by atoms with Crippen LogP contribution < -0.4 is 0 Å². The van der Waals surface area contributed by atoms with Gasteiger partial charge in [0.05, 0.1) is 45.8 Å². The minimum Gasteiger partial charge on any atom is -0.252 e. The summed E-state index contributed by atoms with van der Waals surface area (Å²) < 4.78 is 0. The largest absolute Gasteiger partial charge is 0.252 e. The average molecular weight is 386 g/mol. The molecule has 4 nitrogen and oxygen atoms in total. The summed E-state index contributed by atoms with van der Waals surface area (Å²) in [6.45, 7) is 0. The van der Waals surface area contributed by atoms with E-state index in [1.165, 1.54) is 0 Å². The molecule has 0 atom stereocenters. The first-order valence-corrected chi connectivity index (χ1v) is 9.73. The summed E-state index contributed by atoms with van der Waals surface area (Å²) in [4.78, 5) is 18.1. The Balaban J connectivity index is 1.30. The Hall–Kier alpha value is -4.18. The third kappa shape index (κ3) is 3.98. The van der Waals surface area contributed by atoms with Crippen LogP contribution in [0.3, 0.4) is 0 Å². The molecule has 0 aliphatic rings. The molecule has 30 heavy (non-hydrogen) atoms. The van der Waals surface area contributed by atoms with E-state index in [-0.39, 0.29) is 0 Å². The van der Waals surface area contributed by atoms with Crippen molar-refractivity contribution in [3.63, 3.8) is 0 Å². The van der Waals surface area contributed by atoms with E-state index in [1.54, 1.807) is 12.4 Å². The first-order valence-electron chi connectivity index (χ1n) is 9.73. The number of fused-ring (bicyclic) bond motifs is 2. The molecule has 0 amide bonds. The highest BCUT2D eigenvalue weighted by Crippen LogP contribution is 2.14. The fourth-order valence-corrected chi connectivity index (χ4v) is 3.19. The van der Waals surface area contributed by atoms with Crippen LogP contribution in [0.25, 0.3) is 46.4 Å². The molecule has 0 unspecified atom stereocenters.